The number of hydrogen-bond acceptors (Lipinski definition) is 13. The zero-order valence-electron chi connectivity index (χ0n) is 57.3. The van der Waals surface area contributed by atoms with Crippen LogP contribution in [0.3, 0.4) is 0 Å². The summed E-state index contributed by atoms with van der Waals surface area (Å²) < 4.78 is 23.0. The molecular formula is C74H145NO13. The van der Waals surface area contributed by atoms with Crippen LogP contribution in [0.5, 0.6) is 0 Å². The van der Waals surface area contributed by atoms with Crippen LogP contribution in [0, 0.1) is 0 Å². The predicted molar refractivity (Wildman–Crippen MR) is 360 cm³/mol. The van der Waals surface area contributed by atoms with Gasteiger partial charge in [0.05, 0.1) is 32.0 Å². The summed E-state index contributed by atoms with van der Waals surface area (Å²) in [5, 5.41) is 87.7. The first kappa shape index (κ1) is 83.1. The number of nitrogens with one attached hydrogen (secondary N) is 1. The lowest BCUT2D eigenvalue weighted by Gasteiger charge is -2.46. The summed E-state index contributed by atoms with van der Waals surface area (Å²) in [6, 6.07) is -0.825. The molecule has 2 aliphatic heterocycles. The second-order valence-corrected chi connectivity index (χ2v) is 27.5. The van der Waals surface area contributed by atoms with E-state index in [2.05, 4.69) is 19.2 Å². The van der Waals surface area contributed by atoms with Gasteiger partial charge in [-0.15, -0.1) is 0 Å². The SMILES string of the molecule is CCCCCCCCCCCCCCCCCCCCCCCCCCCCCCCCCCC(=O)NC(COC1OC(CO)C(OC2OC(CO)C(O)C(O)C2O)C(O)C1O)C(O)CCCCCCCCCCCCCCCCCCCCCCCC. The highest BCUT2D eigenvalue weighted by Gasteiger charge is 2.51. The van der Waals surface area contributed by atoms with Gasteiger partial charge in [0.1, 0.15) is 48.8 Å². The molecule has 0 aromatic rings. The molecule has 12 unspecified atom stereocenters. The Morgan fingerprint density at radius 3 is 0.966 bits per heavy atom. The summed E-state index contributed by atoms with van der Waals surface area (Å²) in [5.74, 6) is -0.196. The van der Waals surface area contributed by atoms with Gasteiger partial charge in [-0.05, 0) is 12.8 Å². The van der Waals surface area contributed by atoms with E-state index in [9.17, 15) is 45.6 Å². The predicted octanol–water partition coefficient (Wildman–Crippen LogP) is 16.4. The molecule has 2 rings (SSSR count). The van der Waals surface area contributed by atoms with Gasteiger partial charge in [0, 0.05) is 6.42 Å². The smallest absolute Gasteiger partial charge is 0.220 e. The molecule has 524 valence electrons. The van der Waals surface area contributed by atoms with Crippen LogP contribution in [0.25, 0.3) is 0 Å². The number of hydrogen-bond donors (Lipinski definition) is 9. The average Bonchev–Trinajstić information content (AvgIpc) is 3.53. The van der Waals surface area contributed by atoms with Crippen molar-refractivity contribution in [3.63, 3.8) is 0 Å². The Balaban J connectivity index is 1.61. The maximum atomic E-state index is 13.4. The van der Waals surface area contributed by atoms with Crippen LogP contribution in [0.1, 0.15) is 373 Å². The molecule has 14 nitrogen and oxygen atoms in total. The number of carbonyl (C=O) groups excluding carboxylic acids is 1. The summed E-state index contributed by atoms with van der Waals surface area (Å²) in [4.78, 5) is 13.4. The second-order valence-electron chi connectivity index (χ2n) is 27.5. The maximum Gasteiger partial charge on any atom is 0.220 e. The third-order valence-electron chi connectivity index (χ3n) is 19.3. The Labute approximate surface area is 540 Å². The van der Waals surface area contributed by atoms with Crippen LogP contribution >= 0.6 is 0 Å². The summed E-state index contributed by atoms with van der Waals surface area (Å²) in [6.07, 6.45) is 55.7. The minimum Gasteiger partial charge on any atom is -0.394 e. The van der Waals surface area contributed by atoms with Crippen molar-refractivity contribution >= 4 is 5.91 Å². The lowest BCUT2D eigenvalue weighted by molar-refractivity contribution is -0.359. The molecule has 0 bridgehead atoms. The summed E-state index contributed by atoms with van der Waals surface area (Å²) in [7, 11) is 0. The first-order chi connectivity index (χ1) is 43.1. The standard InChI is InChI=1S/C74H145NO13/c1-3-5-7-9-11-13-15-17-19-21-23-25-27-28-29-30-31-32-33-34-35-36-38-40-42-44-46-48-50-52-54-56-58-66(79)75-62(61-85-73-71(84)69(82)72(65(60-77)87-73)88-74-70(83)68(81)67(80)64(59-76)86-74)63(78)57-55-53-51-49-47-45-43-41-39-37-26-24-22-20-18-16-14-12-10-8-6-4-2/h62-65,67-74,76-78,80-84H,3-61H2,1-2H3,(H,75,79). The van der Waals surface area contributed by atoms with E-state index in [1.807, 2.05) is 0 Å². The molecule has 0 aromatic carbocycles. The fourth-order valence-electron chi connectivity index (χ4n) is 13.2. The van der Waals surface area contributed by atoms with Crippen LogP contribution in [-0.4, -0.2) is 140 Å². The van der Waals surface area contributed by atoms with E-state index in [-0.39, 0.29) is 12.5 Å². The number of amides is 1. The number of carbonyl (C=O) groups is 1. The highest BCUT2D eigenvalue weighted by molar-refractivity contribution is 5.76. The van der Waals surface area contributed by atoms with Gasteiger partial charge in [-0.3, -0.25) is 4.79 Å². The van der Waals surface area contributed by atoms with Crippen molar-refractivity contribution in [1.82, 2.24) is 5.32 Å². The molecule has 88 heavy (non-hydrogen) atoms. The second kappa shape index (κ2) is 59.7. The van der Waals surface area contributed by atoms with Crippen molar-refractivity contribution in [3.05, 3.63) is 0 Å². The Morgan fingerprint density at radius 1 is 0.364 bits per heavy atom. The monoisotopic (exact) mass is 1260 g/mol. The normalized spacial score (nSPS) is 23.0. The number of ether oxygens (including phenoxy) is 4. The zero-order valence-corrected chi connectivity index (χ0v) is 57.3. The van der Waals surface area contributed by atoms with Crippen LogP contribution in [0.15, 0.2) is 0 Å². The molecule has 12 atom stereocenters. The molecule has 2 saturated heterocycles. The van der Waals surface area contributed by atoms with Gasteiger partial charge in [-0.2, -0.15) is 0 Å². The van der Waals surface area contributed by atoms with Gasteiger partial charge < -0.3 is 65.1 Å². The highest BCUT2D eigenvalue weighted by Crippen LogP contribution is 2.30. The minimum absolute atomic E-state index is 0.196. The summed E-state index contributed by atoms with van der Waals surface area (Å²) in [6.45, 7) is 2.94. The molecule has 1 amide bonds. The molecule has 2 fully saturated rings. The summed E-state index contributed by atoms with van der Waals surface area (Å²) in [5.41, 5.74) is 0. The molecule has 0 spiro atoms. The van der Waals surface area contributed by atoms with Crippen LogP contribution in [0.2, 0.25) is 0 Å². The molecule has 0 radical (unpaired) electrons. The van der Waals surface area contributed by atoms with Crippen molar-refractivity contribution in [3.8, 4) is 0 Å². The van der Waals surface area contributed by atoms with Crippen molar-refractivity contribution in [2.24, 2.45) is 0 Å². The van der Waals surface area contributed by atoms with E-state index in [0.29, 0.717) is 12.8 Å². The van der Waals surface area contributed by atoms with E-state index in [1.54, 1.807) is 0 Å². The Hall–Kier alpha value is -1.01. The maximum absolute atomic E-state index is 13.4. The molecule has 0 aliphatic carbocycles. The molecular weight excluding hydrogens is 1110 g/mol. The van der Waals surface area contributed by atoms with Gasteiger partial charge >= 0.3 is 0 Å². The number of unbranched alkanes of at least 4 members (excludes halogenated alkanes) is 52. The van der Waals surface area contributed by atoms with Gasteiger partial charge in [0.25, 0.3) is 0 Å². The van der Waals surface area contributed by atoms with Crippen molar-refractivity contribution in [1.29, 1.82) is 0 Å². The van der Waals surface area contributed by atoms with E-state index >= 15 is 0 Å². The van der Waals surface area contributed by atoms with E-state index in [0.717, 1.165) is 51.4 Å². The van der Waals surface area contributed by atoms with Crippen LogP contribution in [0.4, 0.5) is 0 Å². The molecule has 0 aromatic heterocycles. The third-order valence-corrected chi connectivity index (χ3v) is 19.3. The Morgan fingerprint density at radius 2 is 0.648 bits per heavy atom. The van der Waals surface area contributed by atoms with Crippen LogP contribution in [-0.2, 0) is 23.7 Å². The molecule has 2 aliphatic rings. The molecule has 0 saturated carbocycles. The zero-order chi connectivity index (χ0) is 63.8. The topological polar surface area (TPSA) is 228 Å². The lowest BCUT2D eigenvalue weighted by atomic mass is 9.97. The number of aliphatic hydroxyl groups excluding tert-OH is 8. The number of rotatable bonds is 65. The fourth-order valence-corrected chi connectivity index (χ4v) is 13.2. The Kier molecular flexibility index (Phi) is 56.4. The van der Waals surface area contributed by atoms with Gasteiger partial charge in [-0.1, -0.05) is 354 Å². The Bertz CT molecular complexity index is 1480. The first-order valence-corrected chi connectivity index (χ1v) is 38.3. The molecule has 9 N–H and O–H groups in total. The van der Waals surface area contributed by atoms with Crippen molar-refractivity contribution < 1.29 is 64.6 Å². The highest BCUT2D eigenvalue weighted by atomic mass is 16.7. The van der Waals surface area contributed by atoms with Crippen molar-refractivity contribution in [2.45, 2.75) is 447 Å². The minimum atomic E-state index is -1.78. The fraction of sp³-hybridized carbons (Fsp3) is 0.986. The van der Waals surface area contributed by atoms with Crippen molar-refractivity contribution in [2.75, 3.05) is 19.8 Å². The average molecular weight is 1260 g/mol. The molecule has 2 heterocycles. The van der Waals surface area contributed by atoms with Gasteiger partial charge in [0.2, 0.25) is 5.91 Å². The van der Waals surface area contributed by atoms with Gasteiger partial charge in [-0.25, -0.2) is 0 Å². The van der Waals surface area contributed by atoms with E-state index < -0.39 is 86.8 Å². The lowest BCUT2D eigenvalue weighted by Crippen LogP contribution is -2.65. The van der Waals surface area contributed by atoms with E-state index in [1.165, 1.54) is 295 Å². The summed E-state index contributed by atoms with van der Waals surface area (Å²) >= 11 is 0. The van der Waals surface area contributed by atoms with Crippen LogP contribution < -0.4 is 5.32 Å². The van der Waals surface area contributed by atoms with Gasteiger partial charge in [0.15, 0.2) is 12.6 Å². The number of aliphatic hydroxyl groups is 8. The van der Waals surface area contributed by atoms with E-state index in [4.69, 9.17) is 18.9 Å². The first-order valence-electron chi connectivity index (χ1n) is 38.3. The molecule has 14 heteroatoms. The quantitative estimate of drug-likeness (QED) is 0.0259. The largest absolute Gasteiger partial charge is 0.394 e. The third kappa shape index (κ3) is 43.1.